The Labute approximate surface area is 135 Å². The molecule has 0 radical (unpaired) electrons. The van der Waals surface area contributed by atoms with Crippen molar-refractivity contribution in [2.45, 2.75) is 93.9 Å². The highest BCUT2D eigenvalue weighted by atomic mass is 16.7. The third-order valence-corrected chi connectivity index (χ3v) is 5.17. The van der Waals surface area contributed by atoms with Crippen LogP contribution in [0.1, 0.15) is 64.2 Å². The molecule has 134 valence electrons. The van der Waals surface area contributed by atoms with Gasteiger partial charge >= 0.3 is 5.97 Å². The van der Waals surface area contributed by atoms with Gasteiger partial charge < -0.3 is 30.3 Å². The molecule has 0 spiro atoms. The molecule has 0 aromatic heterocycles. The van der Waals surface area contributed by atoms with Crippen LogP contribution >= 0.6 is 0 Å². The van der Waals surface area contributed by atoms with Gasteiger partial charge in [0.15, 0.2) is 5.60 Å². The number of hydrogen-bond acceptors (Lipinski definition) is 6. The lowest BCUT2D eigenvalue weighted by Gasteiger charge is -2.33. The third kappa shape index (κ3) is 3.69. The summed E-state index contributed by atoms with van der Waals surface area (Å²) in [5, 5.41) is 49.3. The van der Waals surface area contributed by atoms with Crippen molar-refractivity contribution < 1.29 is 35.1 Å². The van der Waals surface area contributed by atoms with Gasteiger partial charge in [0.05, 0.1) is 12.2 Å². The lowest BCUT2D eigenvalue weighted by atomic mass is 9.87. The van der Waals surface area contributed by atoms with Crippen molar-refractivity contribution in [1.82, 2.24) is 0 Å². The van der Waals surface area contributed by atoms with Crippen LogP contribution < -0.4 is 0 Å². The summed E-state index contributed by atoms with van der Waals surface area (Å²) >= 11 is 0. The lowest BCUT2D eigenvalue weighted by molar-refractivity contribution is -0.265. The van der Waals surface area contributed by atoms with Crippen molar-refractivity contribution in [3.8, 4) is 0 Å². The van der Waals surface area contributed by atoms with Crippen LogP contribution in [-0.2, 0) is 9.53 Å². The molecule has 7 heteroatoms. The van der Waals surface area contributed by atoms with E-state index in [0.29, 0.717) is 12.8 Å². The van der Waals surface area contributed by atoms with Crippen molar-refractivity contribution in [3.63, 3.8) is 0 Å². The van der Waals surface area contributed by atoms with Gasteiger partial charge in [-0.3, -0.25) is 4.79 Å². The van der Waals surface area contributed by atoms with Gasteiger partial charge in [-0.2, -0.15) is 0 Å². The average Bonchev–Trinajstić information content (AvgIpc) is 2.83. The number of carbonyl (C=O) groups is 1. The number of rotatable bonds is 9. The summed E-state index contributed by atoms with van der Waals surface area (Å²) in [4.78, 5) is 10.4. The van der Waals surface area contributed by atoms with Crippen LogP contribution in [0.3, 0.4) is 0 Å². The minimum Gasteiger partial charge on any atom is -0.481 e. The van der Waals surface area contributed by atoms with Gasteiger partial charge in [-0.25, -0.2) is 0 Å². The predicted molar refractivity (Wildman–Crippen MR) is 80.6 cm³/mol. The van der Waals surface area contributed by atoms with E-state index in [1.165, 1.54) is 0 Å². The smallest absolute Gasteiger partial charge is 0.303 e. The Bertz CT molecular complexity index is 415. The maximum absolute atomic E-state index is 10.4. The first-order valence-electron chi connectivity index (χ1n) is 8.52. The molecule has 1 saturated heterocycles. The Morgan fingerprint density at radius 2 is 1.65 bits per heavy atom. The minimum absolute atomic E-state index is 0.113. The van der Waals surface area contributed by atoms with E-state index in [1.807, 2.05) is 0 Å². The van der Waals surface area contributed by atoms with Crippen molar-refractivity contribution in [2.24, 2.45) is 0 Å². The molecule has 0 amide bonds. The van der Waals surface area contributed by atoms with Gasteiger partial charge in [-0.15, -0.1) is 0 Å². The van der Waals surface area contributed by atoms with Gasteiger partial charge in [0.25, 0.3) is 0 Å². The quantitative estimate of drug-likeness (QED) is 0.390. The Balaban J connectivity index is 1.65. The number of aliphatic hydroxyl groups is 4. The van der Waals surface area contributed by atoms with Gasteiger partial charge in [0.1, 0.15) is 6.10 Å². The normalized spacial score (nSPS) is 39.6. The number of unbranched alkanes of at least 4 members (excludes halogenated alkanes) is 5. The summed E-state index contributed by atoms with van der Waals surface area (Å²) in [5.74, 6) is -2.62. The highest BCUT2D eigenvalue weighted by molar-refractivity contribution is 5.66. The lowest BCUT2D eigenvalue weighted by Crippen LogP contribution is -2.58. The van der Waals surface area contributed by atoms with Crippen molar-refractivity contribution in [3.05, 3.63) is 0 Å². The van der Waals surface area contributed by atoms with Crippen LogP contribution in [0.2, 0.25) is 0 Å². The summed E-state index contributed by atoms with van der Waals surface area (Å²) < 4.78 is 5.46. The summed E-state index contributed by atoms with van der Waals surface area (Å²) in [7, 11) is 0. The molecule has 0 bridgehead atoms. The molecule has 1 aliphatic heterocycles. The van der Waals surface area contributed by atoms with Gasteiger partial charge in [-0.05, 0) is 19.3 Å². The fourth-order valence-electron chi connectivity index (χ4n) is 3.74. The zero-order valence-electron chi connectivity index (χ0n) is 13.4. The summed E-state index contributed by atoms with van der Waals surface area (Å²) in [6, 6.07) is 0. The second-order valence-corrected chi connectivity index (χ2v) is 6.82. The fourth-order valence-corrected chi connectivity index (χ4v) is 3.74. The number of carboxylic acids is 1. The molecule has 7 nitrogen and oxygen atoms in total. The molecule has 2 rings (SSSR count). The number of fused-ring (bicyclic) bond motifs is 1. The first kappa shape index (κ1) is 18.6. The molecule has 5 atom stereocenters. The van der Waals surface area contributed by atoms with E-state index in [2.05, 4.69) is 0 Å². The molecular formula is C16H28O7. The van der Waals surface area contributed by atoms with E-state index < -0.39 is 35.7 Å². The molecule has 1 aliphatic carbocycles. The van der Waals surface area contributed by atoms with Crippen LogP contribution in [0.5, 0.6) is 0 Å². The number of aliphatic carboxylic acids is 1. The molecule has 1 saturated carbocycles. The Hall–Kier alpha value is -0.730. The first-order valence-corrected chi connectivity index (χ1v) is 8.52. The Morgan fingerprint density at radius 3 is 2.26 bits per heavy atom. The predicted octanol–water partition coefficient (Wildman–Crippen LogP) is 0.526. The number of hydrogen-bond donors (Lipinski definition) is 5. The minimum atomic E-state index is -1.99. The summed E-state index contributed by atoms with van der Waals surface area (Å²) in [6.45, 7) is 0. The number of carboxylic acid groups (broad SMARTS) is 1. The van der Waals surface area contributed by atoms with Gasteiger partial charge in [-0.1, -0.05) is 32.1 Å². The highest BCUT2D eigenvalue weighted by Gasteiger charge is 2.70. The highest BCUT2D eigenvalue weighted by Crippen LogP contribution is 2.50. The fraction of sp³-hybridized carbons (Fsp3) is 0.938. The molecule has 2 aliphatic rings. The van der Waals surface area contributed by atoms with E-state index in [0.717, 1.165) is 32.1 Å². The largest absolute Gasteiger partial charge is 0.481 e. The van der Waals surface area contributed by atoms with Crippen molar-refractivity contribution in [2.75, 3.05) is 0 Å². The Kier molecular flexibility index (Phi) is 6.02. The average molecular weight is 332 g/mol. The number of ether oxygens (including phenoxy) is 1. The van der Waals surface area contributed by atoms with Crippen LogP contribution in [0.15, 0.2) is 0 Å². The second kappa shape index (κ2) is 7.44. The maximum atomic E-state index is 10.4. The number of aliphatic hydroxyl groups excluding tert-OH is 2. The SMILES string of the molecule is O=C(O)CCCCCCCCC1OC2(O)CCC(O)C2(O)C1O. The zero-order valence-corrected chi connectivity index (χ0v) is 13.4. The topological polar surface area (TPSA) is 127 Å². The molecule has 1 heterocycles. The molecule has 23 heavy (non-hydrogen) atoms. The van der Waals surface area contributed by atoms with Crippen LogP contribution in [0.4, 0.5) is 0 Å². The van der Waals surface area contributed by atoms with Crippen LogP contribution in [0, 0.1) is 0 Å². The molecular weight excluding hydrogens is 304 g/mol. The molecule has 2 fully saturated rings. The van der Waals surface area contributed by atoms with E-state index >= 15 is 0 Å². The van der Waals surface area contributed by atoms with Crippen molar-refractivity contribution in [1.29, 1.82) is 0 Å². The monoisotopic (exact) mass is 332 g/mol. The molecule has 0 aromatic carbocycles. The maximum Gasteiger partial charge on any atom is 0.303 e. The molecule has 0 aromatic rings. The summed E-state index contributed by atoms with van der Waals surface area (Å²) in [5.41, 5.74) is -1.99. The van der Waals surface area contributed by atoms with Crippen LogP contribution in [-0.4, -0.2) is 61.2 Å². The Morgan fingerprint density at radius 1 is 1.04 bits per heavy atom. The first-order chi connectivity index (χ1) is 10.8. The van der Waals surface area contributed by atoms with E-state index in [9.17, 15) is 25.2 Å². The molecule has 5 N–H and O–H groups in total. The van der Waals surface area contributed by atoms with E-state index in [4.69, 9.17) is 9.84 Å². The molecule has 5 unspecified atom stereocenters. The van der Waals surface area contributed by atoms with Crippen molar-refractivity contribution >= 4 is 5.97 Å². The van der Waals surface area contributed by atoms with Gasteiger partial charge in [0.2, 0.25) is 5.79 Å². The second-order valence-electron chi connectivity index (χ2n) is 6.82. The van der Waals surface area contributed by atoms with E-state index in [-0.39, 0.29) is 19.3 Å². The standard InChI is InChI=1S/C16H28O7/c17-12-9-10-15(21)16(12,22)14(20)11(23-15)7-5-3-1-2-4-6-8-13(18)19/h11-12,14,17,20-22H,1-10H2,(H,18,19). The summed E-state index contributed by atoms with van der Waals surface area (Å²) in [6.07, 6.45) is 3.10. The van der Waals surface area contributed by atoms with Gasteiger partial charge in [0, 0.05) is 12.8 Å². The van der Waals surface area contributed by atoms with Crippen LogP contribution in [0.25, 0.3) is 0 Å². The zero-order chi connectivity index (χ0) is 17.1. The van der Waals surface area contributed by atoms with E-state index in [1.54, 1.807) is 0 Å². The third-order valence-electron chi connectivity index (χ3n) is 5.17.